The highest BCUT2D eigenvalue weighted by atomic mass is 35.5. The smallest absolute Gasteiger partial charge is 0.237 e. The molecule has 0 bridgehead atoms. The summed E-state index contributed by atoms with van der Waals surface area (Å²) in [7, 11) is 3.56. The van der Waals surface area contributed by atoms with Crippen molar-refractivity contribution in [3.05, 3.63) is 18.0 Å². The predicted molar refractivity (Wildman–Crippen MR) is 50.4 cm³/mol. The summed E-state index contributed by atoms with van der Waals surface area (Å²) in [6.45, 7) is 0.544. The summed E-state index contributed by atoms with van der Waals surface area (Å²) in [5.41, 5.74) is 0.987. The van der Waals surface area contributed by atoms with E-state index in [4.69, 9.17) is 11.6 Å². The van der Waals surface area contributed by atoms with Crippen LogP contribution in [0.4, 0.5) is 0 Å². The van der Waals surface area contributed by atoms with Crippen molar-refractivity contribution in [1.82, 2.24) is 14.7 Å². The van der Waals surface area contributed by atoms with E-state index < -0.39 is 0 Å². The van der Waals surface area contributed by atoms with E-state index in [0.717, 1.165) is 5.69 Å². The van der Waals surface area contributed by atoms with Gasteiger partial charge >= 0.3 is 0 Å². The second kappa shape index (κ2) is 4.28. The molecule has 0 aromatic carbocycles. The average Bonchev–Trinajstić information content (AvgIpc) is 2.50. The Kier molecular flexibility index (Phi) is 3.31. The van der Waals surface area contributed by atoms with Crippen LogP contribution in [0.15, 0.2) is 12.3 Å². The first kappa shape index (κ1) is 10.1. The zero-order valence-corrected chi connectivity index (χ0v) is 8.45. The van der Waals surface area contributed by atoms with Crippen LogP contribution in [0, 0.1) is 0 Å². The average molecular weight is 202 g/mol. The minimum Gasteiger partial charge on any atom is -0.339 e. The molecule has 0 fully saturated rings. The molecule has 1 amide bonds. The lowest BCUT2D eigenvalue weighted by Gasteiger charge is -2.15. The van der Waals surface area contributed by atoms with E-state index in [9.17, 15) is 4.79 Å². The maximum absolute atomic E-state index is 11.1. The van der Waals surface area contributed by atoms with E-state index in [0.29, 0.717) is 6.54 Å². The van der Waals surface area contributed by atoms with Crippen LogP contribution in [-0.2, 0) is 18.4 Å². The van der Waals surface area contributed by atoms with Gasteiger partial charge in [0.1, 0.15) is 5.88 Å². The zero-order chi connectivity index (χ0) is 9.84. The van der Waals surface area contributed by atoms with Crippen LogP contribution in [0.25, 0.3) is 0 Å². The molecule has 72 valence electrons. The summed E-state index contributed by atoms with van der Waals surface area (Å²) in [5.74, 6) is -0.0585. The number of nitrogens with zero attached hydrogens (tertiary/aromatic N) is 3. The fourth-order valence-corrected chi connectivity index (χ4v) is 1.19. The van der Waals surface area contributed by atoms with E-state index >= 15 is 0 Å². The SMILES string of the molecule is CN(Cc1ccnn1C)C(=O)CCl. The molecule has 5 heteroatoms. The minimum absolute atomic E-state index is 0.0222. The number of hydrogen-bond donors (Lipinski definition) is 0. The second-order valence-corrected chi connectivity index (χ2v) is 3.10. The molecule has 0 N–H and O–H groups in total. The van der Waals surface area contributed by atoms with Gasteiger partial charge in [-0.25, -0.2) is 0 Å². The normalized spacial score (nSPS) is 10.1. The van der Waals surface area contributed by atoms with Crippen molar-refractivity contribution in [2.45, 2.75) is 6.54 Å². The summed E-state index contributed by atoms with van der Waals surface area (Å²) in [4.78, 5) is 12.7. The van der Waals surface area contributed by atoms with Crippen LogP contribution in [0.1, 0.15) is 5.69 Å². The van der Waals surface area contributed by atoms with Crippen LogP contribution in [-0.4, -0.2) is 33.5 Å². The van der Waals surface area contributed by atoms with Crippen molar-refractivity contribution in [2.24, 2.45) is 7.05 Å². The first-order chi connectivity index (χ1) is 6.15. The number of aryl methyl sites for hydroxylation is 1. The Bertz CT molecular complexity index is 297. The van der Waals surface area contributed by atoms with Crippen molar-refractivity contribution in [1.29, 1.82) is 0 Å². The lowest BCUT2D eigenvalue weighted by molar-refractivity contribution is -0.127. The van der Waals surface area contributed by atoms with Crippen molar-refractivity contribution in [3.63, 3.8) is 0 Å². The van der Waals surface area contributed by atoms with Crippen molar-refractivity contribution >= 4 is 17.5 Å². The number of halogens is 1. The number of carbonyl (C=O) groups is 1. The monoisotopic (exact) mass is 201 g/mol. The molecule has 0 saturated carbocycles. The molecule has 0 aliphatic carbocycles. The molecule has 1 heterocycles. The fraction of sp³-hybridized carbons (Fsp3) is 0.500. The number of rotatable bonds is 3. The van der Waals surface area contributed by atoms with E-state index in [2.05, 4.69) is 5.10 Å². The first-order valence-electron chi connectivity index (χ1n) is 3.92. The van der Waals surface area contributed by atoms with Gasteiger partial charge in [0, 0.05) is 20.3 Å². The number of hydrogen-bond acceptors (Lipinski definition) is 2. The Morgan fingerprint density at radius 1 is 1.77 bits per heavy atom. The van der Waals surface area contributed by atoms with E-state index in [1.165, 1.54) is 0 Å². The molecule has 4 nitrogen and oxygen atoms in total. The van der Waals surface area contributed by atoms with E-state index in [1.807, 2.05) is 13.1 Å². The van der Waals surface area contributed by atoms with Gasteiger partial charge in [0.2, 0.25) is 5.91 Å². The van der Waals surface area contributed by atoms with E-state index in [-0.39, 0.29) is 11.8 Å². The standard InChI is InChI=1S/C8H12ClN3O/c1-11(8(13)5-9)6-7-3-4-10-12(7)2/h3-4H,5-6H2,1-2H3. The minimum atomic E-state index is -0.0807. The number of amides is 1. The van der Waals surface area contributed by atoms with Gasteiger partial charge in [-0.15, -0.1) is 11.6 Å². The molecule has 1 rings (SSSR count). The van der Waals surface area contributed by atoms with Gasteiger partial charge < -0.3 is 4.90 Å². The van der Waals surface area contributed by atoms with Crippen LogP contribution < -0.4 is 0 Å². The lowest BCUT2D eigenvalue weighted by atomic mass is 10.4. The fourth-order valence-electron chi connectivity index (χ4n) is 0.990. The van der Waals surface area contributed by atoms with Gasteiger partial charge in [-0.1, -0.05) is 0 Å². The van der Waals surface area contributed by atoms with Gasteiger partial charge in [0.25, 0.3) is 0 Å². The van der Waals surface area contributed by atoms with Gasteiger partial charge in [0.15, 0.2) is 0 Å². The molecule has 0 atom stereocenters. The predicted octanol–water partition coefficient (Wildman–Crippen LogP) is 0.617. The Hall–Kier alpha value is -1.03. The van der Waals surface area contributed by atoms with Crippen LogP contribution in [0.5, 0.6) is 0 Å². The summed E-state index contributed by atoms with van der Waals surface area (Å²) in [5, 5.41) is 4.00. The maximum atomic E-state index is 11.1. The Balaban J connectivity index is 2.59. The lowest BCUT2D eigenvalue weighted by Crippen LogP contribution is -2.28. The second-order valence-electron chi connectivity index (χ2n) is 2.83. The summed E-state index contributed by atoms with van der Waals surface area (Å²) >= 11 is 5.41. The topological polar surface area (TPSA) is 38.1 Å². The molecule has 0 aliphatic rings. The van der Waals surface area contributed by atoms with Gasteiger partial charge in [-0.05, 0) is 6.07 Å². The van der Waals surface area contributed by atoms with Crippen LogP contribution >= 0.6 is 11.6 Å². The third-order valence-electron chi connectivity index (χ3n) is 1.86. The molecular formula is C8H12ClN3O. The highest BCUT2D eigenvalue weighted by Gasteiger charge is 2.08. The van der Waals surface area contributed by atoms with Crippen LogP contribution in [0.3, 0.4) is 0 Å². The first-order valence-corrected chi connectivity index (χ1v) is 4.45. The van der Waals surface area contributed by atoms with E-state index in [1.54, 1.807) is 22.8 Å². The molecule has 0 aliphatic heterocycles. The number of aromatic nitrogens is 2. The van der Waals surface area contributed by atoms with Gasteiger partial charge in [0.05, 0.1) is 12.2 Å². The summed E-state index contributed by atoms with van der Waals surface area (Å²) in [6, 6.07) is 1.87. The molecule has 0 saturated heterocycles. The third kappa shape index (κ3) is 2.45. The van der Waals surface area contributed by atoms with Gasteiger partial charge in [-0.2, -0.15) is 5.10 Å². The maximum Gasteiger partial charge on any atom is 0.237 e. The molecule has 1 aromatic rings. The van der Waals surface area contributed by atoms with Crippen molar-refractivity contribution in [3.8, 4) is 0 Å². The van der Waals surface area contributed by atoms with Crippen LogP contribution in [0.2, 0.25) is 0 Å². The third-order valence-corrected chi connectivity index (χ3v) is 2.09. The van der Waals surface area contributed by atoms with Crippen molar-refractivity contribution in [2.75, 3.05) is 12.9 Å². The zero-order valence-electron chi connectivity index (χ0n) is 7.70. The van der Waals surface area contributed by atoms with Gasteiger partial charge in [-0.3, -0.25) is 9.48 Å². The largest absolute Gasteiger partial charge is 0.339 e. The quantitative estimate of drug-likeness (QED) is 0.673. The Labute approximate surface area is 82.1 Å². The molecule has 13 heavy (non-hydrogen) atoms. The molecular weight excluding hydrogens is 190 g/mol. The number of carbonyl (C=O) groups excluding carboxylic acids is 1. The molecule has 1 aromatic heterocycles. The number of alkyl halides is 1. The molecule has 0 radical (unpaired) electrons. The Morgan fingerprint density at radius 2 is 2.46 bits per heavy atom. The Morgan fingerprint density at radius 3 is 2.92 bits per heavy atom. The highest BCUT2D eigenvalue weighted by Crippen LogP contribution is 2.01. The molecule has 0 unspecified atom stereocenters. The summed E-state index contributed by atoms with van der Waals surface area (Å²) in [6.07, 6.45) is 1.70. The molecule has 0 spiro atoms. The van der Waals surface area contributed by atoms with Crippen molar-refractivity contribution < 1.29 is 4.79 Å². The highest BCUT2D eigenvalue weighted by molar-refractivity contribution is 6.27. The summed E-state index contributed by atoms with van der Waals surface area (Å²) < 4.78 is 1.73.